The van der Waals surface area contributed by atoms with Gasteiger partial charge in [-0.2, -0.15) is 0 Å². The number of nitrogens with zero attached hydrogens (tertiary/aromatic N) is 1. The van der Waals surface area contributed by atoms with Crippen LogP contribution in [0.3, 0.4) is 0 Å². The van der Waals surface area contributed by atoms with Crippen molar-refractivity contribution in [3.8, 4) is 5.75 Å². The summed E-state index contributed by atoms with van der Waals surface area (Å²) < 4.78 is 5.68. The van der Waals surface area contributed by atoms with E-state index in [1.54, 1.807) is 30.0 Å². The second-order valence-electron chi connectivity index (χ2n) is 4.76. The first kappa shape index (κ1) is 15.2. The number of rotatable bonds is 4. The van der Waals surface area contributed by atoms with E-state index in [0.717, 1.165) is 0 Å². The van der Waals surface area contributed by atoms with E-state index in [0.29, 0.717) is 28.9 Å². The largest absolute Gasteiger partial charge is 0.487 e. The highest BCUT2D eigenvalue weighted by Gasteiger charge is 2.32. The van der Waals surface area contributed by atoms with Crippen LogP contribution in [-0.4, -0.2) is 47.9 Å². The monoisotopic (exact) mass is 318 g/mol. The Balaban J connectivity index is 1.76. The first-order valence-electron chi connectivity index (χ1n) is 6.28. The summed E-state index contributed by atoms with van der Waals surface area (Å²) in [6.45, 7) is 2.87. The van der Waals surface area contributed by atoms with Crippen molar-refractivity contribution in [2.75, 3.05) is 19.6 Å². The molecule has 1 aromatic carbocycles. The number of likely N-dealkylation sites (tertiary alicyclic amines) is 1. The summed E-state index contributed by atoms with van der Waals surface area (Å²) in [5.41, 5.74) is 0. The molecule has 0 saturated carbocycles. The standard InChI is InChI=1S/C13H16Cl2N2O3/c1-8(18)5-16-13(19)17-6-10(7-17)20-9-2-3-11(14)12(15)4-9/h2-4,8,10,18H,5-7H2,1H3,(H,16,19)/t8-/m1/s1. The maximum Gasteiger partial charge on any atom is 0.317 e. The van der Waals surface area contributed by atoms with E-state index in [9.17, 15) is 4.79 Å². The third kappa shape index (κ3) is 3.91. The number of ether oxygens (including phenoxy) is 1. The molecular weight excluding hydrogens is 303 g/mol. The summed E-state index contributed by atoms with van der Waals surface area (Å²) in [6, 6.07) is 4.87. The Bertz CT molecular complexity index is 491. The predicted molar refractivity (Wildman–Crippen MR) is 77.5 cm³/mol. The van der Waals surface area contributed by atoms with Gasteiger partial charge in [-0.05, 0) is 19.1 Å². The lowest BCUT2D eigenvalue weighted by Crippen LogP contribution is -2.59. The average molecular weight is 319 g/mol. The molecule has 1 saturated heterocycles. The van der Waals surface area contributed by atoms with Crippen molar-refractivity contribution in [1.82, 2.24) is 10.2 Å². The van der Waals surface area contributed by atoms with Gasteiger partial charge in [-0.3, -0.25) is 0 Å². The Labute approximate surface area is 127 Å². The number of hydrogen-bond donors (Lipinski definition) is 2. The molecule has 20 heavy (non-hydrogen) atoms. The fourth-order valence-corrected chi connectivity index (χ4v) is 2.06. The molecule has 2 N–H and O–H groups in total. The summed E-state index contributed by atoms with van der Waals surface area (Å²) in [5, 5.41) is 12.6. The molecule has 1 atom stereocenters. The normalized spacial score (nSPS) is 16.5. The molecule has 7 heteroatoms. The smallest absolute Gasteiger partial charge is 0.317 e. The van der Waals surface area contributed by atoms with Crippen molar-refractivity contribution >= 4 is 29.2 Å². The van der Waals surface area contributed by atoms with E-state index >= 15 is 0 Å². The van der Waals surface area contributed by atoms with Gasteiger partial charge in [0, 0.05) is 12.6 Å². The van der Waals surface area contributed by atoms with Gasteiger partial charge in [-0.25, -0.2) is 4.79 Å². The SMILES string of the molecule is C[C@@H](O)CNC(=O)N1CC(Oc2ccc(Cl)c(Cl)c2)C1. The number of aliphatic hydroxyl groups is 1. The van der Waals surface area contributed by atoms with Gasteiger partial charge in [0.15, 0.2) is 0 Å². The van der Waals surface area contributed by atoms with Crippen molar-refractivity contribution in [1.29, 1.82) is 0 Å². The van der Waals surface area contributed by atoms with E-state index in [2.05, 4.69) is 5.32 Å². The molecule has 1 aliphatic rings. The highest BCUT2D eigenvalue weighted by molar-refractivity contribution is 6.42. The number of halogens is 2. The van der Waals surface area contributed by atoms with Crippen LogP contribution in [0, 0.1) is 0 Å². The van der Waals surface area contributed by atoms with Crippen LogP contribution < -0.4 is 10.1 Å². The van der Waals surface area contributed by atoms with Gasteiger partial charge >= 0.3 is 6.03 Å². The van der Waals surface area contributed by atoms with Gasteiger partial charge in [-0.15, -0.1) is 0 Å². The summed E-state index contributed by atoms with van der Waals surface area (Å²) in [4.78, 5) is 13.3. The van der Waals surface area contributed by atoms with Crippen LogP contribution in [0.1, 0.15) is 6.92 Å². The zero-order valence-electron chi connectivity index (χ0n) is 11.0. The Morgan fingerprint density at radius 3 is 2.80 bits per heavy atom. The molecule has 1 heterocycles. The van der Waals surface area contributed by atoms with Crippen molar-refractivity contribution < 1.29 is 14.6 Å². The van der Waals surface area contributed by atoms with Crippen LogP contribution in [0.25, 0.3) is 0 Å². The minimum absolute atomic E-state index is 0.0513. The predicted octanol–water partition coefficient (Wildman–Crippen LogP) is 2.15. The molecule has 110 valence electrons. The number of amides is 2. The first-order chi connectivity index (χ1) is 9.45. The summed E-state index contributed by atoms with van der Waals surface area (Å²) in [5.74, 6) is 0.633. The topological polar surface area (TPSA) is 61.8 Å². The quantitative estimate of drug-likeness (QED) is 0.894. The van der Waals surface area contributed by atoms with Crippen LogP contribution >= 0.6 is 23.2 Å². The third-order valence-electron chi connectivity index (χ3n) is 2.88. The van der Waals surface area contributed by atoms with Crippen LogP contribution in [-0.2, 0) is 0 Å². The van der Waals surface area contributed by atoms with Gasteiger partial charge in [0.1, 0.15) is 11.9 Å². The van der Waals surface area contributed by atoms with Gasteiger partial charge in [0.2, 0.25) is 0 Å². The van der Waals surface area contributed by atoms with Crippen LogP contribution in [0.4, 0.5) is 4.79 Å². The van der Waals surface area contributed by atoms with Crippen molar-refractivity contribution in [2.24, 2.45) is 0 Å². The lowest BCUT2D eigenvalue weighted by molar-refractivity contribution is 0.0433. The Hall–Kier alpha value is -1.17. The molecule has 0 unspecified atom stereocenters. The number of nitrogens with one attached hydrogen (secondary N) is 1. The minimum atomic E-state index is -0.552. The number of hydrogen-bond acceptors (Lipinski definition) is 3. The van der Waals surface area contributed by atoms with Crippen LogP contribution in [0.15, 0.2) is 18.2 Å². The maximum absolute atomic E-state index is 11.6. The minimum Gasteiger partial charge on any atom is -0.487 e. The molecule has 2 amide bonds. The van der Waals surface area contributed by atoms with Crippen LogP contribution in [0.2, 0.25) is 10.0 Å². The van der Waals surface area contributed by atoms with E-state index in [4.69, 9.17) is 33.0 Å². The summed E-state index contributed by atoms with van der Waals surface area (Å²) >= 11 is 11.7. The lowest BCUT2D eigenvalue weighted by atomic mass is 10.2. The second-order valence-corrected chi connectivity index (χ2v) is 5.57. The number of aliphatic hydroxyl groups excluding tert-OH is 1. The molecule has 1 aromatic rings. The van der Waals surface area contributed by atoms with Gasteiger partial charge < -0.3 is 20.1 Å². The fraction of sp³-hybridized carbons (Fsp3) is 0.462. The summed E-state index contributed by atoms with van der Waals surface area (Å²) in [6.07, 6.45) is -0.604. The fourth-order valence-electron chi connectivity index (χ4n) is 1.77. The van der Waals surface area contributed by atoms with Gasteiger partial charge in [0.05, 0.1) is 29.2 Å². The molecule has 0 spiro atoms. The van der Waals surface area contributed by atoms with Crippen LogP contribution in [0.5, 0.6) is 5.75 Å². The van der Waals surface area contributed by atoms with Crippen molar-refractivity contribution in [3.63, 3.8) is 0 Å². The molecule has 0 bridgehead atoms. The Kier molecular flexibility index (Phi) is 4.96. The zero-order valence-corrected chi connectivity index (χ0v) is 12.5. The molecule has 5 nitrogen and oxygen atoms in total. The third-order valence-corrected chi connectivity index (χ3v) is 3.62. The molecule has 0 aromatic heterocycles. The van der Waals surface area contributed by atoms with E-state index < -0.39 is 6.10 Å². The highest BCUT2D eigenvalue weighted by atomic mass is 35.5. The molecule has 0 radical (unpaired) electrons. The number of carbonyl (C=O) groups excluding carboxylic acids is 1. The lowest BCUT2D eigenvalue weighted by Gasteiger charge is -2.38. The number of benzene rings is 1. The number of carbonyl (C=O) groups is 1. The van der Waals surface area contributed by atoms with E-state index in [1.165, 1.54) is 0 Å². The Morgan fingerprint density at radius 1 is 1.50 bits per heavy atom. The second kappa shape index (κ2) is 6.52. The zero-order chi connectivity index (χ0) is 14.7. The number of urea groups is 1. The Morgan fingerprint density at radius 2 is 2.20 bits per heavy atom. The van der Waals surface area contributed by atoms with Crippen molar-refractivity contribution in [3.05, 3.63) is 28.2 Å². The first-order valence-corrected chi connectivity index (χ1v) is 7.04. The average Bonchev–Trinajstić information content (AvgIpc) is 2.34. The molecular formula is C13H16Cl2N2O3. The summed E-state index contributed by atoms with van der Waals surface area (Å²) in [7, 11) is 0. The molecule has 1 fully saturated rings. The van der Waals surface area contributed by atoms with E-state index in [-0.39, 0.29) is 18.7 Å². The van der Waals surface area contributed by atoms with Crippen molar-refractivity contribution in [2.45, 2.75) is 19.1 Å². The molecule has 2 rings (SSSR count). The molecule has 1 aliphatic heterocycles. The highest BCUT2D eigenvalue weighted by Crippen LogP contribution is 2.27. The van der Waals surface area contributed by atoms with E-state index in [1.807, 2.05) is 0 Å². The van der Waals surface area contributed by atoms with Gasteiger partial charge in [0.25, 0.3) is 0 Å². The van der Waals surface area contributed by atoms with Gasteiger partial charge in [-0.1, -0.05) is 23.2 Å². The maximum atomic E-state index is 11.6. The molecule has 0 aliphatic carbocycles.